The van der Waals surface area contributed by atoms with Gasteiger partial charge in [0, 0.05) is 0 Å². The molecule has 0 aromatic rings. The van der Waals surface area contributed by atoms with Gasteiger partial charge in [0.2, 0.25) is 0 Å². The van der Waals surface area contributed by atoms with Crippen LogP contribution in [0.1, 0.15) is 0 Å². The molecule has 0 unspecified atom stereocenters. The Morgan fingerprint density at radius 2 is 1.44 bits per heavy atom. The first-order valence-electron chi connectivity index (χ1n) is 3.43. The fourth-order valence-electron chi connectivity index (χ4n) is 0.603. The highest BCUT2D eigenvalue weighted by atomic mass is 19.4. The third-order valence-corrected chi connectivity index (χ3v) is 1.53. The highest BCUT2D eigenvalue weighted by Crippen LogP contribution is 2.48. The van der Waals surface area contributed by atoms with E-state index in [1.54, 1.807) is 0 Å². The number of rotatable bonds is 4. The molecule has 2 nitrogen and oxygen atoms in total. The summed E-state index contributed by atoms with van der Waals surface area (Å²) in [5.41, 5.74) is 0. The summed E-state index contributed by atoms with van der Waals surface area (Å²) in [5, 5.41) is 0. The van der Waals surface area contributed by atoms with Gasteiger partial charge < -0.3 is 4.74 Å². The molecular formula is C6H4F8O2. The summed E-state index contributed by atoms with van der Waals surface area (Å²) in [6, 6.07) is 0. The van der Waals surface area contributed by atoms with Crippen LogP contribution in [-0.2, 0) is 9.53 Å². The third kappa shape index (κ3) is 1.92. The van der Waals surface area contributed by atoms with E-state index in [1.165, 1.54) is 0 Å². The summed E-state index contributed by atoms with van der Waals surface area (Å²) < 4.78 is 100.0. The second-order valence-corrected chi connectivity index (χ2v) is 2.56. The Labute approximate surface area is 83.2 Å². The van der Waals surface area contributed by atoms with Crippen molar-refractivity contribution >= 4 is 5.97 Å². The molecule has 0 radical (unpaired) electrons. The molecule has 0 rings (SSSR count). The van der Waals surface area contributed by atoms with E-state index in [-0.39, 0.29) is 7.11 Å². The van der Waals surface area contributed by atoms with Crippen molar-refractivity contribution in [2.45, 2.75) is 24.2 Å². The van der Waals surface area contributed by atoms with Crippen LogP contribution in [-0.4, -0.2) is 37.3 Å². The number of halogens is 8. The monoisotopic (exact) mass is 260 g/mol. The zero-order valence-electron chi connectivity index (χ0n) is 7.42. The molecule has 0 aliphatic rings. The lowest BCUT2D eigenvalue weighted by molar-refractivity contribution is -0.332. The normalized spacial score (nSPS) is 14.1. The second kappa shape index (κ2) is 4.06. The molecule has 96 valence electrons. The second-order valence-electron chi connectivity index (χ2n) is 2.56. The number of ether oxygens (including phenoxy) is 1. The summed E-state index contributed by atoms with van der Waals surface area (Å²) in [5.74, 6) is -22.0. The Kier molecular flexibility index (Phi) is 3.78. The highest BCUT2D eigenvalue weighted by molar-refractivity contribution is 5.79. The van der Waals surface area contributed by atoms with Crippen molar-refractivity contribution in [3.8, 4) is 0 Å². The van der Waals surface area contributed by atoms with Gasteiger partial charge in [-0.05, 0) is 0 Å². The van der Waals surface area contributed by atoms with Gasteiger partial charge in [-0.3, -0.25) is 0 Å². The van der Waals surface area contributed by atoms with E-state index in [1.807, 2.05) is 0 Å². The van der Waals surface area contributed by atoms with Gasteiger partial charge >= 0.3 is 30.2 Å². The Morgan fingerprint density at radius 1 is 1.06 bits per heavy atom. The molecule has 16 heavy (non-hydrogen) atoms. The minimum Gasteiger partial charge on any atom is -0.464 e. The lowest BCUT2D eigenvalue weighted by Crippen LogP contribution is -2.60. The largest absolute Gasteiger partial charge is 0.464 e. The van der Waals surface area contributed by atoms with E-state index >= 15 is 0 Å². The number of methoxy groups -OCH3 is 1. The standard InChI is InChI=1S/C6H4F8O2/c1-16-3(15)5(11,12)6(13,14)4(9,10)2(7)8/h2H,1H3. The van der Waals surface area contributed by atoms with Crippen LogP contribution < -0.4 is 0 Å². The van der Waals surface area contributed by atoms with Gasteiger partial charge in [0.15, 0.2) is 0 Å². The van der Waals surface area contributed by atoms with E-state index in [9.17, 15) is 39.9 Å². The van der Waals surface area contributed by atoms with Crippen LogP contribution in [0.25, 0.3) is 0 Å². The molecule has 0 aliphatic carbocycles. The maximum absolute atomic E-state index is 12.4. The maximum atomic E-state index is 12.4. The minimum absolute atomic E-state index is 0.215. The predicted octanol–water partition coefficient (Wildman–Crippen LogP) is 2.33. The average molecular weight is 260 g/mol. The molecule has 0 aliphatic heterocycles. The van der Waals surface area contributed by atoms with Crippen LogP contribution in [0.15, 0.2) is 0 Å². The van der Waals surface area contributed by atoms with Crippen LogP contribution in [0.2, 0.25) is 0 Å². The van der Waals surface area contributed by atoms with Crippen molar-refractivity contribution < 1.29 is 44.7 Å². The molecule has 0 aromatic heterocycles. The van der Waals surface area contributed by atoms with E-state index in [4.69, 9.17) is 0 Å². The van der Waals surface area contributed by atoms with E-state index in [2.05, 4.69) is 4.74 Å². The lowest BCUT2D eigenvalue weighted by Gasteiger charge is -2.30. The van der Waals surface area contributed by atoms with Gasteiger partial charge in [0.25, 0.3) is 0 Å². The van der Waals surface area contributed by atoms with Crippen molar-refractivity contribution in [1.82, 2.24) is 0 Å². The van der Waals surface area contributed by atoms with E-state index < -0.39 is 30.2 Å². The fraction of sp³-hybridized carbons (Fsp3) is 0.833. The topological polar surface area (TPSA) is 26.3 Å². The van der Waals surface area contributed by atoms with Gasteiger partial charge in [-0.2, -0.15) is 26.3 Å². The number of hydrogen-bond acceptors (Lipinski definition) is 2. The van der Waals surface area contributed by atoms with Crippen molar-refractivity contribution in [3.63, 3.8) is 0 Å². The first-order chi connectivity index (χ1) is 6.92. The number of alkyl halides is 8. The van der Waals surface area contributed by atoms with Gasteiger partial charge in [-0.15, -0.1) is 0 Å². The molecule has 0 N–H and O–H groups in total. The van der Waals surface area contributed by atoms with Crippen molar-refractivity contribution in [2.75, 3.05) is 7.11 Å². The number of hydrogen-bond donors (Lipinski definition) is 0. The SMILES string of the molecule is COC(=O)C(F)(F)C(F)(F)C(F)(F)C(F)F. The van der Waals surface area contributed by atoms with Gasteiger partial charge in [0.1, 0.15) is 0 Å². The van der Waals surface area contributed by atoms with Crippen LogP contribution in [0, 0.1) is 0 Å². The van der Waals surface area contributed by atoms with Crippen LogP contribution in [0.3, 0.4) is 0 Å². The Hall–Kier alpha value is -1.09. The third-order valence-electron chi connectivity index (χ3n) is 1.53. The predicted molar refractivity (Wildman–Crippen MR) is 32.9 cm³/mol. The number of carbonyl (C=O) groups excluding carboxylic acids is 1. The molecule has 0 spiro atoms. The lowest BCUT2D eigenvalue weighted by atomic mass is 10.1. The van der Waals surface area contributed by atoms with E-state index in [0.29, 0.717) is 0 Å². The zero-order chi connectivity index (χ0) is 13.4. The molecule has 0 bridgehead atoms. The molecule has 0 atom stereocenters. The summed E-state index contributed by atoms with van der Waals surface area (Å²) in [4.78, 5) is 10.1. The van der Waals surface area contributed by atoms with Crippen molar-refractivity contribution in [2.24, 2.45) is 0 Å². The zero-order valence-corrected chi connectivity index (χ0v) is 7.42. The van der Waals surface area contributed by atoms with Gasteiger partial charge in [-0.25, -0.2) is 13.6 Å². The molecule has 0 aromatic carbocycles. The molecular weight excluding hydrogens is 256 g/mol. The van der Waals surface area contributed by atoms with Crippen molar-refractivity contribution in [3.05, 3.63) is 0 Å². The Balaban J connectivity index is 5.42. The number of carbonyl (C=O) groups is 1. The quantitative estimate of drug-likeness (QED) is 0.572. The van der Waals surface area contributed by atoms with Gasteiger partial charge in [0.05, 0.1) is 7.11 Å². The first kappa shape index (κ1) is 14.9. The molecule has 10 heteroatoms. The molecule has 0 amide bonds. The van der Waals surface area contributed by atoms with Crippen LogP contribution >= 0.6 is 0 Å². The van der Waals surface area contributed by atoms with Crippen LogP contribution in [0.5, 0.6) is 0 Å². The summed E-state index contributed by atoms with van der Waals surface area (Å²) in [6.45, 7) is 0. The Bertz CT molecular complexity index is 274. The van der Waals surface area contributed by atoms with Crippen molar-refractivity contribution in [1.29, 1.82) is 0 Å². The number of esters is 1. The smallest absolute Gasteiger partial charge is 0.410 e. The molecule has 0 saturated heterocycles. The highest BCUT2D eigenvalue weighted by Gasteiger charge is 2.78. The summed E-state index contributed by atoms with van der Waals surface area (Å²) in [6.07, 6.45) is -5.06. The van der Waals surface area contributed by atoms with E-state index in [0.717, 1.165) is 0 Å². The minimum atomic E-state index is -6.55. The maximum Gasteiger partial charge on any atom is 0.410 e. The Morgan fingerprint density at radius 3 is 1.69 bits per heavy atom. The summed E-state index contributed by atoms with van der Waals surface area (Å²) >= 11 is 0. The first-order valence-corrected chi connectivity index (χ1v) is 3.43. The summed E-state index contributed by atoms with van der Waals surface area (Å²) in [7, 11) is 0.215. The molecule has 0 saturated carbocycles. The van der Waals surface area contributed by atoms with Gasteiger partial charge in [-0.1, -0.05) is 0 Å². The van der Waals surface area contributed by atoms with Crippen LogP contribution in [0.4, 0.5) is 35.1 Å². The fourth-order valence-corrected chi connectivity index (χ4v) is 0.603. The molecule has 0 heterocycles. The molecule has 0 fully saturated rings. The average Bonchev–Trinajstić information content (AvgIpc) is 2.15.